The predicted octanol–water partition coefficient (Wildman–Crippen LogP) is 0.0651. The second-order valence-corrected chi connectivity index (χ2v) is 6.17. The van der Waals surface area contributed by atoms with E-state index in [1.807, 2.05) is 6.07 Å². The zero-order chi connectivity index (χ0) is 13.2. The Kier molecular flexibility index (Phi) is 3.61. The molecule has 1 fully saturated rings. The molecule has 0 unspecified atom stereocenters. The fraction of sp³-hybridized carbons (Fsp3) is 0.455. The topological polar surface area (TPSA) is 100 Å². The van der Waals surface area contributed by atoms with Gasteiger partial charge in [-0.2, -0.15) is 9.57 Å². The van der Waals surface area contributed by atoms with E-state index >= 15 is 0 Å². The standard InChI is InChI=1S/C11H14N4O2S/c12-7-10-1-2-11(8-14-10)18(16,17)15-5-3-9(13)4-6-15/h1-2,8-9H,3-6,13H2. The van der Waals surface area contributed by atoms with E-state index in [9.17, 15) is 8.42 Å². The largest absolute Gasteiger partial charge is 0.328 e. The van der Waals surface area contributed by atoms with Crippen LogP contribution in [0.15, 0.2) is 23.2 Å². The van der Waals surface area contributed by atoms with E-state index in [-0.39, 0.29) is 16.6 Å². The summed E-state index contributed by atoms with van der Waals surface area (Å²) in [6, 6.07) is 4.75. The van der Waals surface area contributed by atoms with Crippen molar-refractivity contribution in [1.82, 2.24) is 9.29 Å². The Morgan fingerprint density at radius 3 is 2.56 bits per heavy atom. The first-order valence-corrected chi connectivity index (χ1v) is 7.10. The van der Waals surface area contributed by atoms with Crippen molar-refractivity contribution in [3.05, 3.63) is 24.0 Å². The van der Waals surface area contributed by atoms with Crippen molar-refractivity contribution in [1.29, 1.82) is 5.26 Å². The fourth-order valence-corrected chi connectivity index (χ4v) is 3.28. The van der Waals surface area contributed by atoms with Gasteiger partial charge in [0.1, 0.15) is 16.7 Å². The summed E-state index contributed by atoms with van der Waals surface area (Å²) in [5.41, 5.74) is 5.95. The van der Waals surface area contributed by atoms with Crippen LogP contribution in [0.5, 0.6) is 0 Å². The zero-order valence-electron chi connectivity index (χ0n) is 9.78. The minimum Gasteiger partial charge on any atom is -0.328 e. The van der Waals surface area contributed by atoms with Crippen LogP contribution in [0.2, 0.25) is 0 Å². The third kappa shape index (κ3) is 2.51. The van der Waals surface area contributed by atoms with Gasteiger partial charge in [-0.1, -0.05) is 0 Å². The van der Waals surface area contributed by atoms with Crippen LogP contribution in [-0.4, -0.2) is 36.8 Å². The number of hydrogen-bond acceptors (Lipinski definition) is 5. The Morgan fingerprint density at radius 1 is 1.39 bits per heavy atom. The van der Waals surface area contributed by atoms with Crippen LogP contribution in [0.3, 0.4) is 0 Å². The summed E-state index contributed by atoms with van der Waals surface area (Å²) >= 11 is 0. The highest BCUT2D eigenvalue weighted by Gasteiger charge is 2.28. The van der Waals surface area contributed by atoms with Gasteiger partial charge < -0.3 is 5.73 Å². The molecule has 96 valence electrons. The van der Waals surface area contributed by atoms with Crippen molar-refractivity contribution in [2.75, 3.05) is 13.1 Å². The van der Waals surface area contributed by atoms with Crippen molar-refractivity contribution in [3.63, 3.8) is 0 Å². The first kappa shape index (κ1) is 13.0. The maximum absolute atomic E-state index is 12.3. The predicted molar refractivity (Wildman–Crippen MR) is 64.9 cm³/mol. The van der Waals surface area contributed by atoms with E-state index in [4.69, 9.17) is 11.0 Å². The molecule has 1 saturated heterocycles. The first-order chi connectivity index (χ1) is 8.54. The summed E-state index contributed by atoms with van der Waals surface area (Å²) in [6.07, 6.45) is 2.56. The molecule has 1 aromatic heterocycles. The third-order valence-electron chi connectivity index (χ3n) is 2.99. The van der Waals surface area contributed by atoms with Crippen molar-refractivity contribution in [2.45, 2.75) is 23.8 Å². The number of hydrogen-bond donors (Lipinski definition) is 1. The van der Waals surface area contributed by atoms with E-state index in [0.29, 0.717) is 25.9 Å². The minimum atomic E-state index is -3.50. The van der Waals surface area contributed by atoms with Crippen molar-refractivity contribution in [3.8, 4) is 6.07 Å². The first-order valence-electron chi connectivity index (χ1n) is 5.66. The van der Waals surface area contributed by atoms with Crippen molar-refractivity contribution >= 4 is 10.0 Å². The molecule has 0 atom stereocenters. The van der Waals surface area contributed by atoms with Gasteiger partial charge in [-0.3, -0.25) is 0 Å². The quantitative estimate of drug-likeness (QED) is 0.816. The van der Waals surface area contributed by atoms with Gasteiger partial charge in [-0.25, -0.2) is 13.4 Å². The molecule has 0 radical (unpaired) electrons. The molecule has 2 rings (SSSR count). The Labute approximate surface area is 106 Å². The van der Waals surface area contributed by atoms with E-state index in [1.165, 1.54) is 22.6 Å². The number of pyridine rings is 1. The normalized spacial score (nSPS) is 18.4. The number of rotatable bonds is 2. The summed E-state index contributed by atoms with van der Waals surface area (Å²) < 4.78 is 25.9. The van der Waals surface area contributed by atoms with Crippen LogP contribution in [-0.2, 0) is 10.0 Å². The lowest BCUT2D eigenvalue weighted by molar-refractivity contribution is 0.320. The lowest BCUT2D eigenvalue weighted by atomic mass is 10.1. The lowest BCUT2D eigenvalue weighted by Crippen LogP contribution is -2.42. The Balaban J connectivity index is 2.22. The molecule has 0 amide bonds. The third-order valence-corrected chi connectivity index (χ3v) is 4.87. The minimum absolute atomic E-state index is 0.0792. The highest BCUT2D eigenvalue weighted by Crippen LogP contribution is 2.19. The second-order valence-electron chi connectivity index (χ2n) is 4.23. The SMILES string of the molecule is N#Cc1ccc(S(=O)(=O)N2CCC(N)CC2)cn1. The van der Waals surface area contributed by atoms with Crippen LogP contribution in [0, 0.1) is 11.3 Å². The number of nitriles is 1. The Bertz CT molecular complexity index is 554. The number of sulfonamides is 1. The van der Waals surface area contributed by atoms with Crippen LogP contribution in [0.1, 0.15) is 18.5 Å². The number of nitrogens with two attached hydrogens (primary N) is 1. The summed E-state index contributed by atoms with van der Waals surface area (Å²) in [4.78, 5) is 3.90. The molecule has 7 heteroatoms. The molecule has 0 saturated carbocycles. The smallest absolute Gasteiger partial charge is 0.244 e. The summed E-state index contributed by atoms with van der Waals surface area (Å²) in [6.45, 7) is 0.868. The van der Waals surface area contributed by atoms with Crippen LogP contribution in [0.4, 0.5) is 0 Å². The average molecular weight is 266 g/mol. The number of nitrogens with zero attached hydrogens (tertiary/aromatic N) is 3. The van der Waals surface area contributed by atoms with Crippen molar-refractivity contribution < 1.29 is 8.42 Å². The van der Waals surface area contributed by atoms with E-state index in [1.54, 1.807) is 0 Å². The van der Waals surface area contributed by atoms with E-state index < -0.39 is 10.0 Å². The Hall–Kier alpha value is -1.49. The van der Waals surface area contributed by atoms with Gasteiger partial charge in [0.2, 0.25) is 10.0 Å². The molecular weight excluding hydrogens is 252 g/mol. The van der Waals surface area contributed by atoms with Gasteiger partial charge in [0.25, 0.3) is 0 Å². The molecule has 6 nitrogen and oxygen atoms in total. The van der Waals surface area contributed by atoms with Crippen molar-refractivity contribution in [2.24, 2.45) is 5.73 Å². The van der Waals surface area contributed by atoms with Gasteiger partial charge in [-0.05, 0) is 25.0 Å². The number of aromatic nitrogens is 1. The van der Waals surface area contributed by atoms with E-state index in [0.717, 1.165) is 0 Å². The van der Waals surface area contributed by atoms with Gasteiger partial charge in [0, 0.05) is 25.3 Å². The highest BCUT2D eigenvalue weighted by molar-refractivity contribution is 7.89. The van der Waals surface area contributed by atoms with Gasteiger partial charge in [0.05, 0.1) is 0 Å². The summed E-state index contributed by atoms with van der Waals surface area (Å²) in [5.74, 6) is 0. The zero-order valence-corrected chi connectivity index (χ0v) is 10.6. The molecular formula is C11H14N4O2S. The summed E-state index contributed by atoms with van der Waals surface area (Å²) in [7, 11) is -3.50. The molecule has 0 aromatic carbocycles. The van der Waals surface area contributed by atoms with Crippen LogP contribution >= 0.6 is 0 Å². The number of piperidine rings is 1. The fourth-order valence-electron chi connectivity index (χ4n) is 1.86. The monoisotopic (exact) mass is 266 g/mol. The van der Waals surface area contributed by atoms with Crippen LogP contribution < -0.4 is 5.73 Å². The lowest BCUT2D eigenvalue weighted by Gasteiger charge is -2.29. The molecule has 0 spiro atoms. The second kappa shape index (κ2) is 5.02. The highest BCUT2D eigenvalue weighted by atomic mass is 32.2. The molecule has 2 N–H and O–H groups in total. The molecule has 18 heavy (non-hydrogen) atoms. The van der Waals surface area contributed by atoms with Gasteiger partial charge >= 0.3 is 0 Å². The molecule has 1 aliphatic rings. The molecule has 0 aliphatic carbocycles. The van der Waals surface area contributed by atoms with Crippen LogP contribution in [0.25, 0.3) is 0 Å². The maximum Gasteiger partial charge on any atom is 0.244 e. The van der Waals surface area contributed by atoms with Gasteiger partial charge in [-0.15, -0.1) is 0 Å². The van der Waals surface area contributed by atoms with E-state index in [2.05, 4.69) is 4.98 Å². The molecule has 2 heterocycles. The van der Waals surface area contributed by atoms with Gasteiger partial charge in [0.15, 0.2) is 0 Å². The molecule has 1 aromatic rings. The maximum atomic E-state index is 12.3. The average Bonchev–Trinajstić information content (AvgIpc) is 2.39. The Morgan fingerprint density at radius 2 is 2.06 bits per heavy atom. The molecule has 0 bridgehead atoms. The molecule has 1 aliphatic heterocycles. The summed E-state index contributed by atoms with van der Waals surface area (Å²) in [5, 5.41) is 8.62.